The first kappa shape index (κ1) is 17.0. The molecule has 0 spiro atoms. The summed E-state index contributed by atoms with van der Waals surface area (Å²) in [5, 5.41) is 8.84. The largest absolute Gasteiger partial charge is 0.295 e. The zero-order valence-corrected chi connectivity index (χ0v) is 15.2. The lowest BCUT2D eigenvalue weighted by Crippen LogP contribution is -2.11. The summed E-state index contributed by atoms with van der Waals surface area (Å²) in [6, 6.07) is 11.2. The molecule has 0 aliphatic heterocycles. The Morgan fingerprint density at radius 3 is 2.56 bits per heavy atom. The molecule has 3 aromatic rings. The predicted molar refractivity (Wildman–Crippen MR) is 99.3 cm³/mol. The summed E-state index contributed by atoms with van der Waals surface area (Å²) in [6.07, 6.45) is 2.01. The maximum atomic E-state index is 11.5. The Morgan fingerprint density at radius 2 is 1.88 bits per heavy atom. The number of imidazole rings is 1. The van der Waals surface area contributed by atoms with E-state index < -0.39 is 0 Å². The van der Waals surface area contributed by atoms with E-state index in [4.69, 9.17) is 4.98 Å². The van der Waals surface area contributed by atoms with Gasteiger partial charge in [-0.3, -0.25) is 9.20 Å². The molecule has 1 aromatic carbocycles. The second kappa shape index (κ2) is 6.24. The van der Waals surface area contributed by atoms with Crippen LogP contribution in [0.5, 0.6) is 0 Å². The highest BCUT2D eigenvalue weighted by atomic mass is 16.1. The molecular formula is C20H22N4O. The normalized spacial score (nSPS) is 12.2. The second-order valence-electron chi connectivity index (χ2n) is 7.28. The first-order chi connectivity index (χ1) is 11.8. The molecular weight excluding hydrogens is 312 g/mol. The van der Waals surface area contributed by atoms with Crippen molar-refractivity contribution in [2.24, 2.45) is 10.2 Å². The van der Waals surface area contributed by atoms with Gasteiger partial charge in [-0.25, -0.2) is 4.98 Å². The Morgan fingerprint density at radius 1 is 1.12 bits per heavy atom. The van der Waals surface area contributed by atoms with Gasteiger partial charge in [-0.2, -0.15) is 0 Å². The Labute approximate surface area is 147 Å². The molecule has 2 aromatic heterocycles. The third kappa shape index (κ3) is 3.50. The van der Waals surface area contributed by atoms with Crippen molar-refractivity contribution >= 4 is 22.9 Å². The standard InChI is InChI=1S/C20H22N4O/c1-13-9-10-17-21-18(20(3,4)5)19(24(17)12-13)23-22-16-8-6-7-15(11-16)14(2)25/h6-12H,1-5H3. The van der Waals surface area contributed by atoms with Crippen molar-refractivity contribution in [3.8, 4) is 0 Å². The van der Waals surface area contributed by atoms with Gasteiger partial charge in [0.2, 0.25) is 0 Å². The zero-order valence-electron chi connectivity index (χ0n) is 15.2. The Hall–Kier alpha value is -2.82. The molecule has 0 saturated heterocycles. The van der Waals surface area contributed by atoms with Crippen molar-refractivity contribution in [1.82, 2.24) is 9.38 Å². The van der Waals surface area contributed by atoms with Gasteiger partial charge in [0.05, 0.1) is 11.4 Å². The number of aryl methyl sites for hydroxylation is 1. The SMILES string of the molecule is CC(=O)c1cccc(N=Nc2c(C(C)(C)C)nc3ccc(C)cn23)c1. The number of pyridine rings is 1. The molecule has 5 heteroatoms. The van der Waals surface area contributed by atoms with Crippen molar-refractivity contribution in [3.63, 3.8) is 0 Å². The van der Waals surface area contributed by atoms with Crippen LogP contribution in [0.2, 0.25) is 0 Å². The summed E-state index contributed by atoms with van der Waals surface area (Å²) >= 11 is 0. The molecule has 0 aliphatic rings. The van der Waals surface area contributed by atoms with Crippen LogP contribution in [0.25, 0.3) is 5.65 Å². The smallest absolute Gasteiger partial charge is 0.183 e. The molecule has 0 bridgehead atoms. The van der Waals surface area contributed by atoms with Crippen molar-refractivity contribution < 1.29 is 4.79 Å². The van der Waals surface area contributed by atoms with Gasteiger partial charge in [-0.15, -0.1) is 10.2 Å². The summed E-state index contributed by atoms with van der Waals surface area (Å²) in [4.78, 5) is 16.3. The summed E-state index contributed by atoms with van der Waals surface area (Å²) < 4.78 is 1.97. The number of hydrogen-bond acceptors (Lipinski definition) is 4. The Balaban J connectivity index is 2.12. The summed E-state index contributed by atoms with van der Waals surface area (Å²) in [5.74, 6) is 0.734. The van der Waals surface area contributed by atoms with Gasteiger partial charge in [0.15, 0.2) is 11.6 Å². The predicted octanol–water partition coefficient (Wildman–Crippen LogP) is 5.56. The zero-order chi connectivity index (χ0) is 18.2. The van der Waals surface area contributed by atoms with E-state index in [0.717, 1.165) is 22.7 Å². The topological polar surface area (TPSA) is 59.1 Å². The van der Waals surface area contributed by atoms with E-state index in [-0.39, 0.29) is 11.2 Å². The van der Waals surface area contributed by atoms with Crippen LogP contribution in [0.1, 0.15) is 49.3 Å². The van der Waals surface area contributed by atoms with Gasteiger partial charge in [0, 0.05) is 17.2 Å². The molecule has 2 heterocycles. The molecule has 0 fully saturated rings. The fourth-order valence-electron chi connectivity index (χ4n) is 2.63. The molecule has 0 radical (unpaired) electrons. The first-order valence-corrected chi connectivity index (χ1v) is 8.27. The van der Waals surface area contributed by atoms with E-state index in [1.165, 1.54) is 0 Å². The Kier molecular flexibility index (Phi) is 4.25. The number of hydrogen-bond donors (Lipinski definition) is 0. The fourth-order valence-corrected chi connectivity index (χ4v) is 2.63. The van der Waals surface area contributed by atoms with Crippen molar-refractivity contribution in [3.05, 3.63) is 59.4 Å². The van der Waals surface area contributed by atoms with E-state index in [1.807, 2.05) is 41.8 Å². The van der Waals surface area contributed by atoms with E-state index in [0.29, 0.717) is 11.3 Å². The number of aromatic nitrogens is 2. The summed E-state index contributed by atoms with van der Waals surface area (Å²) in [5.41, 5.74) is 3.98. The number of azo groups is 1. The average Bonchev–Trinajstić information content (AvgIpc) is 2.91. The summed E-state index contributed by atoms with van der Waals surface area (Å²) in [7, 11) is 0. The Bertz CT molecular complexity index is 977. The van der Waals surface area contributed by atoms with Gasteiger partial charge in [-0.05, 0) is 37.6 Å². The van der Waals surface area contributed by atoms with Crippen LogP contribution in [0.3, 0.4) is 0 Å². The number of rotatable bonds is 3. The minimum absolute atomic E-state index is 0.0119. The minimum Gasteiger partial charge on any atom is -0.295 e. The van der Waals surface area contributed by atoms with Crippen LogP contribution < -0.4 is 0 Å². The van der Waals surface area contributed by atoms with Crippen LogP contribution >= 0.6 is 0 Å². The monoisotopic (exact) mass is 334 g/mol. The second-order valence-corrected chi connectivity index (χ2v) is 7.28. The highest BCUT2D eigenvalue weighted by Crippen LogP contribution is 2.33. The third-order valence-electron chi connectivity index (χ3n) is 3.96. The number of nitrogens with zero attached hydrogens (tertiary/aromatic N) is 4. The molecule has 3 rings (SSSR count). The molecule has 5 nitrogen and oxygen atoms in total. The molecule has 0 unspecified atom stereocenters. The number of benzene rings is 1. The average molecular weight is 334 g/mol. The lowest BCUT2D eigenvalue weighted by Gasteiger charge is -2.15. The lowest BCUT2D eigenvalue weighted by molar-refractivity contribution is 0.101. The molecule has 0 atom stereocenters. The van der Waals surface area contributed by atoms with E-state index in [9.17, 15) is 4.79 Å². The van der Waals surface area contributed by atoms with E-state index >= 15 is 0 Å². The van der Waals surface area contributed by atoms with Gasteiger partial charge < -0.3 is 0 Å². The molecule has 0 saturated carbocycles. The number of ketones is 1. The van der Waals surface area contributed by atoms with Gasteiger partial charge in [0.1, 0.15) is 5.65 Å². The van der Waals surface area contributed by atoms with Gasteiger partial charge in [-0.1, -0.05) is 39.0 Å². The summed E-state index contributed by atoms with van der Waals surface area (Å²) in [6.45, 7) is 9.90. The first-order valence-electron chi connectivity index (χ1n) is 8.27. The van der Waals surface area contributed by atoms with Gasteiger partial charge >= 0.3 is 0 Å². The maximum absolute atomic E-state index is 11.5. The van der Waals surface area contributed by atoms with E-state index in [1.54, 1.807) is 19.1 Å². The van der Waals surface area contributed by atoms with Crippen LogP contribution in [0.15, 0.2) is 52.8 Å². The number of carbonyl (C=O) groups excluding carboxylic acids is 1. The number of fused-ring (bicyclic) bond motifs is 1. The lowest BCUT2D eigenvalue weighted by atomic mass is 9.92. The molecule has 25 heavy (non-hydrogen) atoms. The molecule has 0 amide bonds. The molecule has 0 N–H and O–H groups in total. The number of Topliss-reactive ketones (excluding diaryl/α,β-unsaturated/α-hetero) is 1. The highest BCUT2D eigenvalue weighted by molar-refractivity contribution is 5.94. The van der Waals surface area contributed by atoms with Crippen molar-refractivity contribution in [2.45, 2.75) is 40.0 Å². The van der Waals surface area contributed by atoms with Crippen molar-refractivity contribution in [2.75, 3.05) is 0 Å². The van der Waals surface area contributed by atoms with Gasteiger partial charge in [0.25, 0.3) is 0 Å². The highest BCUT2D eigenvalue weighted by Gasteiger charge is 2.24. The van der Waals surface area contributed by atoms with Crippen LogP contribution in [0, 0.1) is 6.92 Å². The minimum atomic E-state index is -0.157. The fraction of sp³-hybridized carbons (Fsp3) is 0.300. The third-order valence-corrected chi connectivity index (χ3v) is 3.96. The van der Waals surface area contributed by atoms with Crippen LogP contribution in [0.4, 0.5) is 11.5 Å². The quantitative estimate of drug-likeness (QED) is 0.465. The molecule has 0 aliphatic carbocycles. The van der Waals surface area contributed by atoms with Crippen LogP contribution in [-0.2, 0) is 5.41 Å². The maximum Gasteiger partial charge on any atom is 0.183 e. The van der Waals surface area contributed by atoms with Crippen LogP contribution in [-0.4, -0.2) is 15.2 Å². The number of carbonyl (C=O) groups is 1. The molecule has 128 valence electrons. The van der Waals surface area contributed by atoms with E-state index in [2.05, 4.69) is 31.0 Å². The van der Waals surface area contributed by atoms with Crippen molar-refractivity contribution in [1.29, 1.82) is 0 Å².